The van der Waals surface area contributed by atoms with Crippen LogP contribution in [0.5, 0.6) is 0 Å². The van der Waals surface area contributed by atoms with Gasteiger partial charge in [0.1, 0.15) is 5.60 Å². The molecule has 4 nitrogen and oxygen atoms in total. The number of carbonyl (C=O) groups excluding carboxylic acids is 2. The second-order valence-corrected chi connectivity index (χ2v) is 6.55. The molecule has 1 unspecified atom stereocenters. The van der Waals surface area contributed by atoms with Crippen molar-refractivity contribution in [2.45, 2.75) is 39.2 Å². The second-order valence-electron chi connectivity index (χ2n) is 6.55. The molecule has 0 aliphatic rings. The number of hydrogen-bond donors (Lipinski definition) is 0. The molecule has 0 fully saturated rings. The molecular formula is C20H24O4. The monoisotopic (exact) mass is 328 g/mol. The zero-order valence-corrected chi connectivity index (χ0v) is 14.7. The van der Waals surface area contributed by atoms with Gasteiger partial charge in [-0.2, -0.15) is 0 Å². The highest BCUT2D eigenvalue weighted by Gasteiger charge is 2.49. The van der Waals surface area contributed by atoms with Gasteiger partial charge in [-0.05, 0) is 38.8 Å². The van der Waals surface area contributed by atoms with Crippen molar-refractivity contribution in [1.82, 2.24) is 0 Å². The molecule has 0 N–H and O–H groups in total. The van der Waals surface area contributed by atoms with Gasteiger partial charge >= 0.3 is 11.9 Å². The standard InChI is InChI=1S/C20H24O4/c1-7-13-20(17(21)23-6,18(22)24-19(3,4)5)14-16-12-10-9-11-15(16)8-2/h2,7,9-12H,1,13-14H2,3-6H3. The Balaban J connectivity index is 3.41. The third kappa shape index (κ3) is 4.48. The fourth-order valence-electron chi connectivity index (χ4n) is 2.42. The van der Waals surface area contributed by atoms with E-state index < -0.39 is 23.0 Å². The van der Waals surface area contributed by atoms with E-state index in [1.54, 1.807) is 45.0 Å². The minimum Gasteiger partial charge on any atom is -0.468 e. The van der Waals surface area contributed by atoms with Crippen molar-refractivity contribution in [2.24, 2.45) is 5.41 Å². The maximum absolute atomic E-state index is 12.9. The van der Waals surface area contributed by atoms with Crippen molar-refractivity contribution in [1.29, 1.82) is 0 Å². The van der Waals surface area contributed by atoms with Crippen molar-refractivity contribution < 1.29 is 19.1 Å². The van der Waals surface area contributed by atoms with Crippen LogP contribution in [0, 0.1) is 17.8 Å². The van der Waals surface area contributed by atoms with Gasteiger partial charge in [0, 0.05) is 12.0 Å². The molecule has 0 spiro atoms. The number of rotatable bonds is 6. The van der Waals surface area contributed by atoms with E-state index in [1.807, 2.05) is 0 Å². The van der Waals surface area contributed by atoms with Crippen LogP contribution in [0.25, 0.3) is 0 Å². The minimum absolute atomic E-state index is 0.0843. The van der Waals surface area contributed by atoms with Crippen molar-refractivity contribution in [3.05, 3.63) is 48.0 Å². The third-order valence-electron chi connectivity index (χ3n) is 3.52. The van der Waals surface area contributed by atoms with Gasteiger partial charge in [0.25, 0.3) is 0 Å². The topological polar surface area (TPSA) is 52.6 Å². The predicted molar refractivity (Wildman–Crippen MR) is 93.2 cm³/mol. The number of carbonyl (C=O) groups is 2. The van der Waals surface area contributed by atoms with Gasteiger partial charge in [-0.1, -0.05) is 30.2 Å². The van der Waals surface area contributed by atoms with Gasteiger partial charge in [-0.25, -0.2) is 0 Å². The quantitative estimate of drug-likeness (QED) is 0.348. The van der Waals surface area contributed by atoms with Gasteiger partial charge in [-0.15, -0.1) is 13.0 Å². The summed E-state index contributed by atoms with van der Waals surface area (Å²) in [4.78, 5) is 25.4. The van der Waals surface area contributed by atoms with E-state index in [1.165, 1.54) is 13.2 Å². The molecule has 1 aromatic carbocycles. The van der Waals surface area contributed by atoms with Crippen LogP contribution in [0.15, 0.2) is 36.9 Å². The van der Waals surface area contributed by atoms with Gasteiger partial charge in [0.15, 0.2) is 5.41 Å². The molecular weight excluding hydrogens is 304 g/mol. The van der Waals surface area contributed by atoms with Gasteiger partial charge in [-0.3, -0.25) is 9.59 Å². The summed E-state index contributed by atoms with van der Waals surface area (Å²) in [5.74, 6) is 1.27. The fourth-order valence-corrected chi connectivity index (χ4v) is 2.42. The molecule has 0 radical (unpaired) electrons. The lowest BCUT2D eigenvalue weighted by molar-refractivity contribution is -0.178. The van der Waals surface area contributed by atoms with E-state index in [0.717, 1.165) is 0 Å². The van der Waals surface area contributed by atoms with E-state index in [-0.39, 0.29) is 12.8 Å². The summed E-state index contributed by atoms with van der Waals surface area (Å²) in [7, 11) is 1.25. The van der Waals surface area contributed by atoms with Crippen molar-refractivity contribution in [2.75, 3.05) is 7.11 Å². The molecule has 0 amide bonds. The van der Waals surface area contributed by atoms with Crippen LogP contribution in [0.1, 0.15) is 38.3 Å². The Morgan fingerprint density at radius 3 is 2.38 bits per heavy atom. The largest absolute Gasteiger partial charge is 0.468 e. The fraction of sp³-hybridized carbons (Fsp3) is 0.400. The predicted octanol–water partition coefficient (Wildman–Crippen LogP) is 3.29. The molecule has 0 heterocycles. The summed E-state index contributed by atoms with van der Waals surface area (Å²) < 4.78 is 10.4. The van der Waals surface area contributed by atoms with Crippen LogP contribution in [-0.2, 0) is 25.5 Å². The van der Waals surface area contributed by atoms with Crippen LogP contribution in [-0.4, -0.2) is 24.6 Å². The van der Waals surface area contributed by atoms with E-state index >= 15 is 0 Å². The summed E-state index contributed by atoms with van der Waals surface area (Å²) in [6, 6.07) is 7.17. The van der Waals surface area contributed by atoms with E-state index in [9.17, 15) is 9.59 Å². The lowest BCUT2D eigenvalue weighted by Crippen LogP contribution is -2.45. The van der Waals surface area contributed by atoms with Gasteiger partial charge in [0.05, 0.1) is 7.11 Å². The number of terminal acetylenes is 1. The zero-order chi connectivity index (χ0) is 18.4. The maximum Gasteiger partial charge on any atom is 0.324 e. The zero-order valence-electron chi connectivity index (χ0n) is 14.7. The Morgan fingerprint density at radius 1 is 1.25 bits per heavy atom. The summed E-state index contributed by atoms with van der Waals surface area (Å²) in [5, 5.41) is 0. The lowest BCUT2D eigenvalue weighted by atomic mass is 9.77. The van der Waals surface area contributed by atoms with Crippen LogP contribution in [0.2, 0.25) is 0 Å². The first-order chi connectivity index (χ1) is 11.2. The first kappa shape index (κ1) is 19.5. The van der Waals surface area contributed by atoms with Crippen LogP contribution < -0.4 is 0 Å². The van der Waals surface area contributed by atoms with Crippen LogP contribution >= 0.6 is 0 Å². The van der Waals surface area contributed by atoms with Crippen LogP contribution in [0.3, 0.4) is 0 Å². The Morgan fingerprint density at radius 2 is 1.88 bits per heavy atom. The molecule has 4 heteroatoms. The molecule has 0 aliphatic heterocycles. The van der Waals surface area contributed by atoms with Crippen molar-refractivity contribution in [3.63, 3.8) is 0 Å². The number of allylic oxidation sites excluding steroid dienone is 1. The number of methoxy groups -OCH3 is 1. The third-order valence-corrected chi connectivity index (χ3v) is 3.52. The SMILES string of the molecule is C#Cc1ccccc1CC(CC=C)(C(=O)OC)C(=O)OC(C)(C)C. The summed E-state index contributed by atoms with van der Waals surface area (Å²) in [5.41, 5.74) is -0.920. The average molecular weight is 328 g/mol. The maximum atomic E-state index is 12.9. The molecule has 0 aromatic heterocycles. The van der Waals surface area contributed by atoms with Gasteiger partial charge < -0.3 is 9.47 Å². The Bertz CT molecular complexity index is 661. The molecule has 1 rings (SSSR count). The molecule has 1 atom stereocenters. The first-order valence-electron chi connectivity index (χ1n) is 7.67. The summed E-state index contributed by atoms with van der Waals surface area (Å²) in [6.45, 7) is 8.91. The minimum atomic E-state index is -1.52. The first-order valence-corrected chi connectivity index (χ1v) is 7.67. The molecule has 0 saturated carbocycles. The lowest BCUT2D eigenvalue weighted by Gasteiger charge is -2.32. The molecule has 1 aromatic rings. The van der Waals surface area contributed by atoms with Crippen molar-refractivity contribution in [3.8, 4) is 12.3 Å². The smallest absolute Gasteiger partial charge is 0.324 e. The Hall–Kier alpha value is -2.54. The average Bonchev–Trinajstić information content (AvgIpc) is 2.52. The number of benzene rings is 1. The van der Waals surface area contributed by atoms with Crippen molar-refractivity contribution >= 4 is 11.9 Å². The highest BCUT2D eigenvalue weighted by Crippen LogP contribution is 2.34. The summed E-state index contributed by atoms with van der Waals surface area (Å²) >= 11 is 0. The molecule has 0 bridgehead atoms. The number of esters is 2. The highest BCUT2D eigenvalue weighted by molar-refractivity contribution is 6.00. The highest BCUT2D eigenvalue weighted by atomic mass is 16.6. The van der Waals surface area contributed by atoms with Gasteiger partial charge in [0.2, 0.25) is 0 Å². The Labute approximate surface area is 143 Å². The normalized spacial score (nSPS) is 13.3. The molecule has 24 heavy (non-hydrogen) atoms. The molecule has 0 aliphatic carbocycles. The number of ether oxygens (including phenoxy) is 2. The van der Waals surface area contributed by atoms with E-state index in [2.05, 4.69) is 12.5 Å². The van der Waals surface area contributed by atoms with Crippen LogP contribution in [0.4, 0.5) is 0 Å². The summed E-state index contributed by atoms with van der Waals surface area (Å²) in [6.07, 6.45) is 7.22. The second kappa shape index (κ2) is 7.83. The van der Waals surface area contributed by atoms with E-state index in [0.29, 0.717) is 11.1 Å². The van der Waals surface area contributed by atoms with E-state index in [4.69, 9.17) is 15.9 Å². The molecule has 0 saturated heterocycles. The number of hydrogen-bond acceptors (Lipinski definition) is 4. The molecule has 128 valence electrons. The Kier molecular flexibility index (Phi) is 6.36.